The third-order valence-corrected chi connectivity index (χ3v) is 12.7. The number of benzene rings is 1. The van der Waals surface area contributed by atoms with Crippen molar-refractivity contribution in [2.24, 2.45) is 34.0 Å². The van der Waals surface area contributed by atoms with Crippen LogP contribution in [-0.2, 0) is 35.0 Å². The fraction of sp³-hybridized carbons (Fsp3) is 0.658. The quantitative estimate of drug-likeness (QED) is 0.158. The van der Waals surface area contributed by atoms with E-state index in [0.717, 1.165) is 0 Å². The Morgan fingerprint density at radius 1 is 0.981 bits per heavy atom. The Morgan fingerprint density at radius 2 is 1.60 bits per heavy atom. The number of Topliss-reactive ketones (excluding diaryl/α,β-unsaturated/α-hetero) is 1. The molecule has 1 aromatic carbocycles. The maximum Gasteiger partial charge on any atom is 0.315 e. The molecule has 1 aliphatic heterocycles. The highest BCUT2D eigenvalue weighted by Gasteiger charge is 2.70. The van der Waals surface area contributed by atoms with Crippen LogP contribution in [-0.4, -0.2) is 98.0 Å². The number of piperidine rings is 1. The molecule has 2 aliphatic carbocycles. The number of rotatable bonds is 15. The summed E-state index contributed by atoms with van der Waals surface area (Å²) >= 11 is 0. The molecule has 1 unspecified atom stereocenters. The van der Waals surface area contributed by atoms with Gasteiger partial charge in [-0.15, -0.1) is 6.58 Å². The first kappa shape index (κ1) is 41.0. The second-order valence-corrected chi connectivity index (χ2v) is 19.5. The number of likely N-dealkylation sites (N-methyl/N-ethyl adjacent to an activating group) is 1. The Bertz CT molecular complexity index is 1650. The van der Waals surface area contributed by atoms with E-state index in [-0.39, 0.29) is 42.0 Å². The van der Waals surface area contributed by atoms with Crippen LogP contribution in [0.2, 0.25) is 0 Å². The van der Waals surface area contributed by atoms with Crippen LogP contribution in [0.5, 0.6) is 0 Å². The molecular formula is C38H58N6O7S. The van der Waals surface area contributed by atoms with E-state index in [0.29, 0.717) is 24.9 Å². The second kappa shape index (κ2) is 15.3. The summed E-state index contributed by atoms with van der Waals surface area (Å²) in [4.78, 5) is 69.4. The molecule has 13 nitrogen and oxygen atoms in total. The fourth-order valence-corrected chi connectivity index (χ4v) is 8.43. The molecule has 1 saturated heterocycles. The summed E-state index contributed by atoms with van der Waals surface area (Å²) in [6.45, 7) is 19.2. The van der Waals surface area contributed by atoms with Gasteiger partial charge in [-0.2, -0.15) is 0 Å². The number of hydrogen-bond acceptors (Lipinski definition) is 7. The lowest BCUT2D eigenvalue weighted by Crippen LogP contribution is -2.63. The van der Waals surface area contributed by atoms with Crippen LogP contribution in [0.15, 0.2) is 43.0 Å². The third kappa shape index (κ3) is 9.41. The van der Waals surface area contributed by atoms with Crippen LogP contribution < -0.4 is 21.3 Å². The Morgan fingerprint density at radius 3 is 2.13 bits per heavy atom. The molecule has 3 fully saturated rings. The van der Waals surface area contributed by atoms with Gasteiger partial charge < -0.3 is 26.2 Å². The van der Waals surface area contributed by atoms with Crippen molar-refractivity contribution in [3.05, 3.63) is 48.6 Å². The number of amides is 5. The predicted molar refractivity (Wildman–Crippen MR) is 199 cm³/mol. The molecule has 5 amide bonds. The summed E-state index contributed by atoms with van der Waals surface area (Å²) in [5, 5.41) is 11.1. The lowest BCUT2D eigenvalue weighted by Gasteiger charge is -2.39. The van der Waals surface area contributed by atoms with Crippen LogP contribution in [0.1, 0.15) is 73.8 Å². The molecular weight excluding hydrogens is 685 g/mol. The Labute approximate surface area is 309 Å². The van der Waals surface area contributed by atoms with Gasteiger partial charge in [-0.05, 0) is 52.4 Å². The lowest BCUT2D eigenvalue weighted by atomic mass is 9.85. The second-order valence-electron chi connectivity index (χ2n) is 17.4. The molecule has 0 aromatic heterocycles. The number of fused-ring (bicyclic) bond motifs is 1. The average Bonchev–Trinajstić information content (AvgIpc) is 3.92. The lowest BCUT2D eigenvalue weighted by molar-refractivity contribution is -0.145. The number of hydrogen-bond donors (Lipinski definition) is 4. The highest BCUT2D eigenvalue weighted by molar-refractivity contribution is 7.88. The van der Waals surface area contributed by atoms with Crippen molar-refractivity contribution in [2.45, 2.75) is 98.2 Å². The number of urea groups is 1. The van der Waals surface area contributed by atoms with Gasteiger partial charge in [0, 0.05) is 32.7 Å². The van der Waals surface area contributed by atoms with E-state index in [9.17, 15) is 32.4 Å². The standard InChI is InChI=1S/C38H58N6O7S/c1-11-19-39-33(47)30(45)28(24-17-18-24)41-32(46)29-27-25(38(27,8)9)20-44(29)34(48)31(37(5,6)7)42-35(49)40-26(36(2,3)4)21-43(10)52(50,51)22-23-15-13-12-14-16-23/h11-16,24-29,31H,1,17-22H2,2-10H3,(H,39,47)(H,41,46)(H2,40,42,49)/t25-,26+,27-,28?,29-,31+/m0/s1. The minimum Gasteiger partial charge on any atom is -0.346 e. The van der Waals surface area contributed by atoms with Crippen LogP contribution in [0.25, 0.3) is 0 Å². The Balaban J connectivity index is 1.50. The molecule has 52 heavy (non-hydrogen) atoms. The van der Waals surface area contributed by atoms with Crippen LogP contribution in [0.3, 0.4) is 0 Å². The molecule has 2 saturated carbocycles. The van der Waals surface area contributed by atoms with Crippen LogP contribution >= 0.6 is 0 Å². The molecule has 0 bridgehead atoms. The molecule has 4 N–H and O–H groups in total. The molecule has 14 heteroatoms. The van der Waals surface area contributed by atoms with Gasteiger partial charge in [0.25, 0.3) is 5.91 Å². The molecule has 0 radical (unpaired) electrons. The van der Waals surface area contributed by atoms with E-state index >= 15 is 0 Å². The van der Waals surface area contributed by atoms with Crippen LogP contribution in [0.4, 0.5) is 4.79 Å². The SMILES string of the molecule is C=CCNC(=O)C(=O)C(NC(=O)[C@@H]1[C@@H]2[C@H](CN1C(=O)[C@@H](NC(=O)N[C@H](CN(C)S(=O)(=O)Cc1ccccc1)C(C)(C)C)C(C)(C)C)C2(C)C)C1CC1. The molecule has 3 aliphatic rings. The number of likely N-dealkylation sites (tertiary alicyclic amines) is 1. The largest absolute Gasteiger partial charge is 0.346 e. The molecule has 1 aromatic rings. The van der Waals surface area contributed by atoms with E-state index in [1.807, 2.05) is 61.5 Å². The highest BCUT2D eigenvalue weighted by atomic mass is 32.2. The van der Waals surface area contributed by atoms with Gasteiger partial charge in [-0.3, -0.25) is 19.2 Å². The normalized spacial score (nSPS) is 22.7. The monoisotopic (exact) mass is 742 g/mol. The van der Waals surface area contributed by atoms with E-state index in [2.05, 4.69) is 27.8 Å². The summed E-state index contributed by atoms with van der Waals surface area (Å²) in [5.74, 6) is -2.89. The van der Waals surface area contributed by atoms with Gasteiger partial charge >= 0.3 is 6.03 Å². The van der Waals surface area contributed by atoms with Gasteiger partial charge in [0.2, 0.25) is 27.6 Å². The van der Waals surface area contributed by atoms with Crippen molar-refractivity contribution in [3.63, 3.8) is 0 Å². The molecule has 4 rings (SSSR count). The van der Waals surface area contributed by atoms with Crippen molar-refractivity contribution in [2.75, 3.05) is 26.7 Å². The fourth-order valence-electron chi connectivity index (χ4n) is 7.22. The van der Waals surface area contributed by atoms with Crippen molar-refractivity contribution >= 4 is 39.6 Å². The Hall–Kier alpha value is -3.78. The maximum atomic E-state index is 14.5. The van der Waals surface area contributed by atoms with Gasteiger partial charge in [0.05, 0.1) is 5.75 Å². The summed E-state index contributed by atoms with van der Waals surface area (Å²) in [7, 11) is -2.22. The van der Waals surface area contributed by atoms with E-state index in [1.165, 1.54) is 22.3 Å². The first-order valence-corrected chi connectivity index (χ1v) is 19.7. The molecule has 6 atom stereocenters. The average molecular weight is 743 g/mol. The van der Waals surface area contributed by atoms with Crippen molar-refractivity contribution in [1.82, 2.24) is 30.5 Å². The number of sulfonamides is 1. The van der Waals surface area contributed by atoms with Gasteiger partial charge in [0.1, 0.15) is 18.1 Å². The maximum absolute atomic E-state index is 14.5. The number of carbonyl (C=O) groups excluding carboxylic acids is 5. The summed E-state index contributed by atoms with van der Waals surface area (Å²) < 4.78 is 27.7. The Kier molecular flexibility index (Phi) is 12.1. The van der Waals surface area contributed by atoms with Crippen LogP contribution in [0, 0.1) is 34.0 Å². The number of carbonyl (C=O) groups is 5. The first-order valence-electron chi connectivity index (χ1n) is 18.1. The molecule has 288 valence electrons. The van der Waals surface area contributed by atoms with Gasteiger partial charge in [-0.25, -0.2) is 17.5 Å². The van der Waals surface area contributed by atoms with E-state index in [1.54, 1.807) is 24.3 Å². The smallest absolute Gasteiger partial charge is 0.315 e. The van der Waals surface area contributed by atoms with Gasteiger partial charge in [-0.1, -0.05) is 91.8 Å². The molecule has 0 spiro atoms. The minimum atomic E-state index is -3.71. The van der Waals surface area contributed by atoms with Crippen molar-refractivity contribution in [3.8, 4) is 0 Å². The number of nitrogens with zero attached hydrogens (tertiary/aromatic N) is 2. The van der Waals surface area contributed by atoms with E-state index < -0.39 is 74.6 Å². The van der Waals surface area contributed by atoms with E-state index in [4.69, 9.17) is 0 Å². The zero-order valence-electron chi connectivity index (χ0n) is 32.1. The number of ketones is 1. The van der Waals surface area contributed by atoms with Crippen molar-refractivity contribution in [1.29, 1.82) is 0 Å². The number of nitrogens with one attached hydrogen (secondary N) is 4. The molecule has 1 heterocycles. The first-order chi connectivity index (χ1) is 24.0. The zero-order chi connectivity index (χ0) is 39.0. The topological polar surface area (TPSA) is 174 Å². The zero-order valence-corrected chi connectivity index (χ0v) is 32.9. The van der Waals surface area contributed by atoms with Gasteiger partial charge in [0.15, 0.2) is 0 Å². The predicted octanol–water partition coefficient (Wildman–Crippen LogP) is 2.83. The minimum absolute atomic E-state index is 0.000472. The highest BCUT2D eigenvalue weighted by Crippen LogP contribution is 2.65. The van der Waals surface area contributed by atoms with Crippen molar-refractivity contribution < 1.29 is 32.4 Å². The summed E-state index contributed by atoms with van der Waals surface area (Å²) in [6, 6.07) is 4.66. The summed E-state index contributed by atoms with van der Waals surface area (Å²) in [5.41, 5.74) is -0.898. The summed E-state index contributed by atoms with van der Waals surface area (Å²) in [6.07, 6.45) is 2.87. The third-order valence-electron chi connectivity index (χ3n) is 10.9.